The maximum absolute atomic E-state index is 14.8. The molecule has 1 aliphatic heterocycles. The largest absolute Gasteiger partial charge is 0.474 e. The average Bonchev–Trinajstić information content (AvgIpc) is 2.61. The van der Waals surface area contributed by atoms with Crippen molar-refractivity contribution in [3.63, 3.8) is 0 Å². The van der Waals surface area contributed by atoms with Crippen LogP contribution in [-0.2, 0) is 16.2 Å². The van der Waals surface area contributed by atoms with Crippen molar-refractivity contribution < 1.29 is 39.5 Å². The zero-order valence-electron chi connectivity index (χ0n) is 14.6. The summed E-state index contributed by atoms with van der Waals surface area (Å²) < 4.78 is 107. The number of likely N-dealkylation sites (tertiary alicyclic amines) is 1. The maximum atomic E-state index is 14.8. The first kappa shape index (κ1) is 22.7. The third kappa shape index (κ3) is 5.47. The van der Waals surface area contributed by atoms with Crippen LogP contribution in [-0.4, -0.2) is 63.1 Å². The van der Waals surface area contributed by atoms with E-state index in [2.05, 4.69) is 4.98 Å². The molecular formula is C15H19F6N3O3S. The molecular weight excluding hydrogens is 416 g/mol. The van der Waals surface area contributed by atoms with Gasteiger partial charge in [0.15, 0.2) is 0 Å². The Hall–Kier alpha value is -1.60. The molecule has 1 fully saturated rings. The van der Waals surface area contributed by atoms with Gasteiger partial charge < -0.3 is 4.74 Å². The molecule has 2 heterocycles. The van der Waals surface area contributed by atoms with E-state index in [9.17, 15) is 34.8 Å². The number of hydrogen-bond acceptors (Lipinski definition) is 5. The minimum atomic E-state index is -5.01. The number of pyridine rings is 1. The summed E-state index contributed by atoms with van der Waals surface area (Å²) in [6.07, 6.45) is -4.81. The first-order valence-electron chi connectivity index (χ1n) is 8.17. The van der Waals surface area contributed by atoms with Crippen LogP contribution in [0.3, 0.4) is 0 Å². The summed E-state index contributed by atoms with van der Waals surface area (Å²) in [4.78, 5) is 3.89. The summed E-state index contributed by atoms with van der Waals surface area (Å²) in [5.41, 5.74) is -3.52. The molecule has 0 aromatic carbocycles. The summed E-state index contributed by atoms with van der Waals surface area (Å²) in [7, 11) is -4.43. The van der Waals surface area contributed by atoms with Crippen molar-refractivity contribution in [2.75, 3.05) is 33.0 Å². The third-order valence-electron chi connectivity index (χ3n) is 4.49. The van der Waals surface area contributed by atoms with Gasteiger partial charge in [0.25, 0.3) is 0 Å². The van der Waals surface area contributed by atoms with E-state index in [0.29, 0.717) is 6.20 Å². The number of rotatable bonds is 7. The fourth-order valence-electron chi connectivity index (χ4n) is 2.78. The molecule has 28 heavy (non-hydrogen) atoms. The number of hydrogen-bond donors (Lipinski definition) is 1. The Morgan fingerprint density at radius 3 is 2.29 bits per heavy atom. The molecule has 0 amide bonds. The minimum absolute atomic E-state index is 0.0161. The van der Waals surface area contributed by atoms with Gasteiger partial charge in [-0.2, -0.15) is 13.2 Å². The Bertz CT molecular complexity index is 778. The number of primary sulfonamides is 1. The molecule has 160 valence electrons. The lowest BCUT2D eigenvalue weighted by Gasteiger charge is -2.38. The molecule has 6 nitrogen and oxygen atoms in total. The van der Waals surface area contributed by atoms with Crippen molar-refractivity contribution in [3.05, 3.63) is 17.8 Å². The van der Waals surface area contributed by atoms with Crippen LogP contribution < -0.4 is 9.88 Å². The van der Waals surface area contributed by atoms with Crippen molar-refractivity contribution in [1.82, 2.24) is 9.88 Å². The lowest BCUT2D eigenvalue weighted by molar-refractivity contribution is -0.140. The molecule has 1 saturated heterocycles. The van der Waals surface area contributed by atoms with Crippen molar-refractivity contribution in [1.29, 1.82) is 0 Å². The molecule has 13 heteroatoms. The Balaban J connectivity index is 2.12. The van der Waals surface area contributed by atoms with E-state index in [-0.39, 0.29) is 32.0 Å². The van der Waals surface area contributed by atoms with E-state index in [4.69, 9.17) is 9.88 Å². The Labute approximate surface area is 157 Å². The number of ether oxygens (including phenoxy) is 1. The molecule has 0 aliphatic carbocycles. The van der Waals surface area contributed by atoms with E-state index in [1.54, 1.807) is 0 Å². The van der Waals surface area contributed by atoms with Crippen LogP contribution in [0.2, 0.25) is 0 Å². The zero-order valence-corrected chi connectivity index (χ0v) is 15.4. The van der Waals surface area contributed by atoms with Crippen molar-refractivity contribution in [3.8, 4) is 5.88 Å². The van der Waals surface area contributed by atoms with E-state index < -0.39 is 64.2 Å². The summed E-state index contributed by atoms with van der Waals surface area (Å²) in [5, 5.41) is 4.80. The first-order valence-corrected chi connectivity index (χ1v) is 9.72. The molecule has 1 aliphatic rings. The molecule has 1 aromatic heterocycles. The van der Waals surface area contributed by atoms with Crippen LogP contribution >= 0.6 is 0 Å². The maximum Gasteiger partial charge on any atom is 0.421 e. The number of nitrogens with two attached hydrogens (primary N) is 1. The summed E-state index contributed by atoms with van der Waals surface area (Å²) in [6.45, 7) is -2.60. The van der Waals surface area contributed by atoms with Gasteiger partial charge in [-0.15, -0.1) is 0 Å². The minimum Gasteiger partial charge on any atom is -0.474 e. The summed E-state index contributed by atoms with van der Waals surface area (Å²) in [5.74, 6) is -0.982. The lowest BCUT2D eigenvalue weighted by Crippen LogP contribution is -2.50. The quantitative estimate of drug-likeness (QED) is 0.664. The number of nitrogens with zero attached hydrogens (tertiary/aromatic N) is 2. The van der Waals surface area contributed by atoms with Gasteiger partial charge in [0, 0.05) is 13.1 Å². The standard InChI is InChI=1S/C15H19F6N3O3S/c16-6-10(7-17)24-3-1-14(18,2-4-24)9-27-13-12(15(19,20)21)5-11(8-23-13)28(22,25)26/h5,8,10H,1-4,6-7,9H2,(H2,22,25,26). The zero-order chi connectivity index (χ0) is 21.2. The van der Waals surface area contributed by atoms with Gasteiger partial charge in [0.1, 0.15) is 36.1 Å². The second-order valence-electron chi connectivity index (χ2n) is 6.50. The van der Waals surface area contributed by atoms with Crippen LogP contribution in [0, 0.1) is 0 Å². The van der Waals surface area contributed by atoms with E-state index >= 15 is 0 Å². The molecule has 0 spiro atoms. The van der Waals surface area contributed by atoms with E-state index in [1.807, 2.05) is 0 Å². The van der Waals surface area contributed by atoms with Gasteiger partial charge in [0.2, 0.25) is 15.9 Å². The van der Waals surface area contributed by atoms with E-state index in [1.165, 1.54) is 4.90 Å². The van der Waals surface area contributed by atoms with Gasteiger partial charge >= 0.3 is 6.18 Å². The van der Waals surface area contributed by atoms with Gasteiger partial charge in [-0.05, 0) is 18.9 Å². The normalized spacial score (nSPS) is 18.4. The van der Waals surface area contributed by atoms with Crippen molar-refractivity contribution in [2.45, 2.75) is 35.6 Å². The van der Waals surface area contributed by atoms with Crippen LogP contribution in [0.4, 0.5) is 26.3 Å². The highest BCUT2D eigenvalue weighted by Gasteiger charge is 2.40. The molecule has 0 saturated carbocycles. The third-order valence-corrected chi connectivity index (χ3v) is 5.37. The molecule has 0 radical (unpaired) electrons. The van der Waals surface area contributed by atoms with Crippen molar-refractivity contribution >= 4 is 10.0 Å². The lowest BCUT2D eigenvalue weighted by atomic mass is 9.93. The number of aromatic nitrogens is 1. The smallest absolute Gasteiger partial charge is 0.421 e. The monoisotopic (exact) mass is 435 g/mol. The average molecular weight is 435 g/mol. The highest BCUT2D eigenvalue weighted by atomic mass is 32.2. The van der Waals surface area contributed by atoms with Crippen LogP contribution in [0.25, 0.3) is 0 Å². The number of sulfonamides is 1. The molecule has 2 N–H and O–H groups in total. The summed E-state index contributed by atoms with van der Waals surface area (Å²) in [6, 6.07) is -0.715. The highest BCUT2D eigenvalue weighted by molar-refractivity contribution is 7.89. The molecule has 0 bridgehead atoms. The second kappa shape index (κ2) is 8.41. The van der Waals surface area contributed by atoms with Crippen LogP contribution in [0.1, 0.15) is 18.4 Å². The SMILES string of the molecule is NS(=O)(=O)c1cnc(OCC2(F)CCN(C(CF)CF)CC2)c(C(F)(F)F)c1. The van der Waals surface area contributed by atoms with Gasteiger partial charge in [-0.3, -0.25) is 4.90 Å². The number of piperidine rings is 1. The van der Waals surface area contributed by atoms with Gasteiger partial charge in [0.05, 0.1) is 12.2 Å². The predicted molar refractivity (Wildman–Crippen MR) is 86.5 cm³/mol. The fourth-order valence-corrected chi connectivity index (χ4v) is 3.26. The summed E-state index contributed by atoms with van der Waals surface area (Å²) >= 11 is 0. The van der Waals surface area contributed by atoms with Crippen molar-refractivity contribution in [2.24, 2.45) is 5.14 Å². The fraction of sp³-hybridized carbons (Fsp3) is 0.667. The van der Waals surface area contributed by atoms with Gasteiger partial charge in [-0.1, -0.05) is 0 Å². The van der Waals surface area contributed by atoms with Crippen LogP contribution in [0.5, 0.6) is 5.88 Å². The highest BCUT2D eigenvalue weighted by Crippen LogP contribution is 2.37. The Morgan fingerprint density at radius 1 is 1.25 bits per heavy atom. The molecule has 1 aromatic rings. The Morgan fingerprint density at radius 2 is 1.82 bits per heavy atom. The molecule has 0 atom stereocenters. The molecule has 0 unspecified atom stereocenters. The van der Waals surface area contributed by atoms with E-state index in [0.717, 1.165) is 0 Å². The molecule has 2 rings (SSSR count). The van der Waals surface area contributed by atoms with Crippen LogP contribution in [0.15, 0.2) is 17.2 Å². The number of alkyl halides is 6. The Kier molecular flexibility index (Phi) is 6.82. The predicted octanol–water partition coefficient (Wildman–Crippen LogP) is 2.24. The second-order valence-corrected chi connectivity index (χ2v) is 8.07. The van der Waals surface area contributed by atoms with Gasteiger partial charge in [-0.25, -0.2) is 31.7 Å². The number of halogens is 6. The topological polar surface area (TPSA) is 85.5 Å². The first-order chi connectivity index (χ1) is 12.9.